The average molecular weight is 492 g/mol. The van der Waals surface area contributed by atoms with E-state index in [1.165, 1.54) is 39.5 Å². The molecule has 1 aromatic heterocycles. The van der Waals surface area contributed by atoms with Gasteiger partial charge in [0.05, 0.1) is 5.52 Å². The lowest BCUT2D eigenvalue weighted by Gasteiger charge is -2.44. The standard InChI is InChI=1S/C23H25NO9S/c1-12(25)29-11-17-20(30-13(2)26)21(31-14(3)27)22(32-15(4)28)23(33-17)34-18-9-5-7-16-8-6-10-24-19(16)18/h5-10,17,20-23H,11H2,1-4H3/t17-,20+,21-,22-,23-/m0/s1. The third-order valence-electron chi connectivity index (χ3n) is 4.79. The van der Waals surface area contributed by atoms with Crippen molar-refractivity contribution in [2.24, 2.45) is 0 Å². The Kier molecular flexibility index (Phi) is 8.46. The number of esters is 4. The molecule has 0 spiro atoms. The minimum atomic E-state index is -1.21. The quantitative estimate of drug-likeness (QED) is 0.418. The Morgan fingerprint density at radius 2 is 1.47 bits per heavy atom. The minimum Gasteiger partial charge on any atom is -0.463 e. The second-order valence-corrected chi connectivity index (χ2v) is 8.66. The number of nitrogens with zero attached hydrogens (tertiary/aromatic N) is 1. The number of benzene rings is 1. The summed E-state index contributed by atoms with van der Waals surface area (Å²) in [6.07, 6.45) is -2.88. The topological polar surface area (TPSA) is 127 Å². The number of para-hydroxylation sites is 1. The molecular formula is C23H25NO9S. The van der Waals surface area contributed by atoms with Crippen LogP contribution in [0.3, 0.4) is 0 Å². The van der Waals surface area contributed by atoms with E-state index in [4.69, 9.17) is 23.7 Å². The highest BCUT2D eigenvalue weighted by molar-refractivity contribution is 8.00. The van der Waals surface area contributed by atoms with Crippen LogP contribution in [-0.4, -0.2) is 65.3 Å². The molecule has 5 atom stereocenters. The van der Waals surface area contributed by atoms with E-state index in [-0.39, 0.29) is 6.61 Å². The van der Waals surface area contributed by atoms with Crippen LogP contribution in [0.2, 0.25) is 0 Å². The second kappa shape index (κ2) is 11.3. The maximum atomic E-state index is 12.0. The largest absolute Gasteiger partial charge is 0.463 e. The number of hydrogen-bond acceptors (Lipinski definition) is 11. The van der Waals surface area contributed by atoms with Crippen LogP contribution in [0.5, 0.6) is 0 Å². The van der Waals surface area contributed by atoms with Crippen molar-refractivity contribution in [3.8, 4) is 0 Å². The molecule has 3 rings (SSSR count). The molecule has 2 heterocycles. The Hall–Kier alpha value is -3.18. The Morgan fingerprint density at radius 3 is 2.12 bits per heavy atom. The van der Waals surface area contributed by atoms with E-state index in [9.17, 15) is 19.2 Å². The molecule has 0 amide bonds. The van der Waals surface area contributed by atoms with Crippen LogP contribution < -0.4 is 0 Å². The number of fused-ring (bicyclic) bond motifs is 1. The summed E-state index contributed by atoms with van der Waals surface area (Å²) >= 11 is 1.20. The summed E-state index contributed by atoms with van der Waals surface area (Å²) in [7, 11) is 0. The highest BCUT2D eigenvalue weighted by Crippen LogP contribution is 2.39. The molecule has 0 radical (unpaired) electrons. The van der Waals surface area contributed by atoms with Gasteiger partial charge in [-0.15, -0.1) is 0 Å². The average Bonchev–Trinajstić information content (AvgIpc) is 2.75. The van der Waals surface area contributed by atoms with Crippen LogP contribution in [0.15, 0.2) is 41.4 Å². The summed E-state index contributed by atoms with van der Waals surface area (Å²) in [6, 6.07) is 9.29. The fourth-order valence-corrected chi connectivity index (χ4v) is 4.81. The fraction of sp³-hybridized carbons (Fsp3) is 0.435. The molecule has 182 valence electrons. The first-order chi connectivity index (χ1) is 16.2. The molecule has 10 nitrogen and oxygen atoms in total. The lowest BCUT2D eigenvalue weighted by molar-refractivity contribution is -0.237. The normalized spacial score (nSPS) is 24.2. The lowest BCUT2D eigenvalue weighted by Crippen LogP contribution is -2.61. The van der Waals surface area contributed by atoms with Gasteiger partial charge in [-0.1, -0.05) is 30.0 Å². The van der Waals surface area contributed by atoms with Crippen molar-refractivity contribution in [3.05, 3.63) is 36.5 Å². The summed E-state index contributed by atoms with van der Waals surface area (Å²) in [6.45, 7) is 4.52. The van der Waals surface area contributed by atoms with Crippen molar-refractivity contribution in [1.29, 1.82) is 0 Å². The number of pyridine rings is 1. The van der Waals surface area contributed by atoms with Crippen molar-refractivity contribution in [2.45, 2.75) is 62.4 Å². The third-order valence-corrected chi connectivity index (χ3v) is 5.98. The van der Waals surface area contributed by atoms with Crippen molar-refractivity contribution in [2.75, 3.05) is 6.61 Å². The summed E-state index contributed by atoms with van der Waals surface area (Å²) in [5.74, 6) is -2.57. The third kappa shape index (κ3) is 6.45. The molecule has 34 heavy (non-hydrogen) atoms. The maximum absolute atomic E-state index is 12.0. The monoisotopic (exact) mass is 491 g/mol. The van der Waals surface area contributed by atoms with Gasteiger partial charge in [-0.25, -0.2) is 0 Å². The number of rotatable bonds is 7. The molecule has 1 aliphatic rings. The number of aromatic nitrogens is 1. The van der Waals surface area contributed by atoms with Gasteiger partial charge < -0.3 is 23.7 Å². The molecule has 0 aliphatic carbocycles. The van der Waals surface area contributed by atoms with Crippen LogP contribution in [0, 0.1) is 0 Å². The Labute approximate surface area is 200 Å². The molecule has 1 aliphatic heterocycles. The highest BCUT2D eigenvalue weighted by atomic mass is 32.2. The molecule has 1 aromatic carbocycles. The van der Waals surface area contributed by atoms with E-state index in [2.05, 4.69) is 4.98 Å². The molecular weight excluding hydrogens is 466 g/mol. The number of carbonyl (C=O) groups is 4. The Morgan fingerprint density at radius 1 is 0.853 bits per heavy atom. The SMILES string of the molecule is CC(=O)OC[C@@H]1O[C@@H](Sc2cccc3cccnc23)[C@@H](OC(C)=O)[C@@H](OC(C)=O)[C@@H]1OC(C)=O. The number of thioether (sulfide) groups is 1. The molecule has 1 fully saturated rings. The van der Waals surface area contributed by atoms with Gasteiger partial charge in [-0.05, 0) is 12.1 Å². The van der Waals surface area contributed by atoms with Crippen molar-refractivity contribution < 1.29 is 42.9 Å². The van der Waals surface area contributed by atoms with Crippen LogP contribution in [0.1, 0.15) is 27.7 Å². The van der Waals surface area contributed by atoms with E-state index in [0.29, 0.717) is 5.52 Å². The highest BCUT2D eigenvalue weighted by Gasteiger charge is 2.52. The van der Waals surface area contributed by atoms with E-state index in [1.807, 2.05) is 30.3 Å². The molecule has 1 saturated heterocycles. The molecule has 0 N–H and O–H groups in total. The van der Waals surface area contributed by atoms with Gasteiger partial charge in [0.1, 0.15) is 18.1 Å². The van der Waals surface area contributed by atoms with Gasteiger partial charge in [-0.2, -0.15) is 0 Å². The van der Waals surface area contributed by atoms with E-state index < -0.39 is 53.7 Å². The minimum absolute atomic E-state index is 0.275. The van der Waals surface area contributed by atoms with Gasteiger partial charge in [-0.3, -0.25) is 24.2 Å². The van der Waals surface area contributed by atoms with Crippen molar-refractivity contribution in [1.82, 2.24) is 4.98 Å². The van der Waals surface area contributed by atoms with Crippen molar-refractivity contribution >= 4 is 46.5 Å². The van der Waals surface area contributed by atoms with Crippen LogP contribution >= 0.6 is 11.8 Å². The summed E-state index contributed by atoms with van der Waals surface area (Å²) < 4.78 is 27.6. The first kappa shape index (κ1) is 25.4. The van der Waals surface area contributed by atoms with Gasteiger partial charge in [0, 0.05) is 44.2 Å². The summed E-state index contributed by atoms with van der Waals surface area (Å²) in [5, 5.41) is 0.887. The first-order valence-corrected chi connectivity index (χ1v) is 11.3. The molecule has 0 bridgehead atoms. The maximum Gasteiger partial charge on any atom is 0.303 e. The van der Waals surface area contributed by atoms with Gasteiger partial charge >= 0.3 is 23.9 Å². The zero-order valence-corrected chi connectivity index (χ0v) is 19.9. The Balaban J connectivity index is 2.03. The molecule has 2 aromatic rings. The van der Waals surface area contributed by atoms with Crippen molar-refractivity contribution in [3.63, 3.8) is 0 Å². The predicted octanol–water partition coefficient (Wildman–Crippen LogP) is 2.41. The van der Waals surface area contributed by atoms with E-state index in [0.717, 1.165) is 10.3 Å². The Bertz CT molecular complexity index is 1070. The van der Waals surface area contributed by atoms with Crippen LogP contribution in [0.25, 0.3) is 10.9 Å². The van der Waals surface area contributed by atoms with Crippen LogP contribution in [0.4, 0.5) is 0 Å². The summed E-state index contributed by atoms with van der Waals surface area (Å²) in [5.41, 5.74) is -0.212. The fourth-order valence-electron chi connectivity index (χ4n) is 3.58. The number of ether oxygens (including phenoxy) is 5. The number of hydrogen-bond donors (Lipinski definition) is 0. The zero-order valence-electron chi connectivity index (χ0n) is 19.1. The smallest absolute Gasteiger partial charge is 0.303 e. The zero-order chi connectivity index (χ0) is 24.8. The molecule has 0 unspecified atom stereocenters. The predicted molar refractivity (Wildman–Crippen MR) is 120 cm³/mol. The second-order valence-electron chi connectivity index (χ2n) is 7.52. The lowest BCUT2D eigenvalue weighted by atomic mass is 9.99. The van der Waals surface area contributed by atoms with Gasteiger partial charge in [0.15, 0.2) is 18.3 Å². The van der Waals surface area contributed by atoms with Crippen LogP contribution in [-0.2, 0) is 42.9 Å². The first-order valence-electron chi connectivity index (χ1n) is 10.5. The number of carbonyl (C=O) groups excluding carboxylic acids is 4. The molecule has 11 heteroatoms. The van der Waals surface area contributed by atoms with Gasteiger partial charge in [0.25, 0.3) is 0 Å². The van der Waals surface area contributed by atoms with E-state index >= 15 is 0 Å². The van der Waals surface area contributed by atoms with E-state index in [1.54, 1.807) is 6.20 Å². The van der Waals surface area contributed by atoms with Gasteiger partial charge in [0.2, 0.25) is 0 Å². The summed E-state index contributed by atoms with van der Waals surface area (Å²) in [4.78, 5) is 52.3. The molecule has 0 saturated carbocycles.